The van der Waals surface area contributed by atoms with E-state index in [1.807, 2.05) is 12.1 Å². The largest absolute Gasteiger partial charge is 0.493 e. The molecule has 2 aliphatic carbocycles. The summed E-state index contributed by atoms with van der Waals surface area (Å²) in [5, 5.41) is 3.23. The lowest BCUT2D eigenvalue weighted by Crippen LogP contribution is -2.53. The van der Waals surface area contributed by atoms with Crippen LogP contribution in [0.3, 0.4) is 0 Å². The molecule has 0 radical (unpaired) electrons. The van der Waals surface area contributed by atoms with Crippen molar-refractivity contribution < 1.29 is 28.5 Å². The van der Waals surface area contributed by atoms with Crippen molar-refractivity contribution in [1.82, 2.24) is 5.32 Å². The van der Waals surface area contributed by atoms with Gasteiger partial charge in [0.1, 0.15) is 11.5 Å². The lowest BCUT2D eigenvalue weighted by atomic mass is 9.57. The lowest BCUT2D eigenvalue weighted by molar-refractivity contribution is -0.169. The van der Waals surface area contributed by atoms with E-state index in [0.717, 1.165) is 76.3 Å². The quantitative estimate of drug-likeness (QED) is 0.303. The molecule has 1 N–H and O–H groups in total. The van der Waals surface area contributed by atoms with Crippen LogP contribution in [-0.4, -0.2) is 45.9 Å². The maximum Gasteiger partial charge on any atom is 0.330 e. The van der Waals surface area contributed by atoms with Gasteiger partial charge in [-0.05, 0) is 81.0 Å². The van der Waals surface area contributed by atoms with Gasteiger partial charge >= 0.3 is 11.9 Å². The molecule has 1 aliphatic heterocycles. The first-order chi connectivity index (χ1) is 17.6. The van der Waals surface area contributed by atoms with Crippen LogP contribution in [0.2, 0.25) is 0 Å². The molecule has 1 aromatic rings. The Hall–Kier alpha value is -2.54. The third kappa shape index (κ3) is 5.13. The molecule has 4 rings (SSSR count). The first-order valence-corrected chi connectivity index (χ1v) is 13.5. The van der Waals surface area contributed by atoms with E-state index in [9.17, 15) is 9.59 Å². The van der Waals surface area contributed by atoms with E-state index >= 15 is 0 Å². The number of esters is 2. The van der Waals surface area contributed by atoms with Crippen LogP contribution in [0.25, 0.3) is 0 Å². The molecule has 2 fully saturated rings. The molecule has 3 aliphatic rings. The van der Waals surface area contributed by atoms with Crippen molar-refractivity contribution in [2.45, 2.75) is 82.1 Å². The normalized spacial score (nSPS) is 24.4. The van der Waals surface area contributed by atoms with E-state index in [0.29, 0.717) is 23.7 Å². The minimum atomic E-state index is -1.02. The molecule has 0 amide bonds. The summed E-state index contributed by atoms with van der Waals surface area (Å²) >= 11 is 0. The summed E-state index contributed by atoms with van der Waals surface area (Å²) in [6, 6.07) is 3.35. The number of hydrogen-bond donors (Lipinski definition) is 1. The van der Waals surface area contributed by atoms with Crippen LogP contribution in [0.15, 0.2) is 24.3 Å². The molecule has 36 heavy (non-hydrogen) atoms. The number of carbonyl (C=O) groups is 2. The van der Waals surface area contributed by atoms with Crippen molar-refractivity contribution in [3.05, 3.63) is 29.8 Å². The van der Waals surface area contributed by atoms with Gasteiger partial charge in [0.2, 0.25) is 5.75 Å². The third-order valence-electron chi connectivity index (χ3n) is 8.36. The molecule has 7 nitrogen and oxygen atoms in total. The summed E-state index contributed by atoms with van der Waals surface area (Å²) < 4.78 is 22.8. The van der Waals surface area contributed by atoms with E-state index in [4.69, 9.17) is 18.9 Å². The van der Waals surface area contributed by atoms with Crippen LogP contribution < -0.4 is 19.5 Å². The predicted molar refractivity (Wildman–Crippen MR) is 138 cm³/mol. The molecule has 1 aromatic carbocycles. The molecular weight excluding hydrogens is 458 g/mol. The Bertz CT molecular complexity index is 922. The maximum absolute atomic E-state index is 14.5. The predicted octanol–water partition coefficient (Wildman–Crippen LogP) is 5.10. The molecular formula is C29H41NO6. The number of methoxy groups -OCH3 is 3. The van der Waals surface area contributed by atoms with Gasteiger partial charge < -0.3 is 24.3 Å². The monoisotopic (exact) mass is 499 g/mol. The Morgan fingerprint density at radius 3 is 2.11 bits per heavy atom. The van der Waals surface area contributed by atoms with Gasteiger partial charge in [0.15, 0.2) is 11.5 Å². The molecule has 7 heteroatoms. The Morgan fingerprint density at radius 2 is 1.56 bits per heavy atom. The van der Waals surface area contributed by atoms with Crippen LogP contribution >= 0.6 is 0 Å². The van der Waals surface area contributed by atoms with Crippen LogP contribution in [0.1, 0.15) is 76.2 Å². The molecule has 1 saturated heterocycles. The van der Waals surface area contributed by atoms with Crippen LogP contribution in [-0.2, 0) is 19.7 Å². The summed E-state index contributed by atoms with van der Waals surface area (Å²) in [5.74, 6) is 0.527. The number of ether oxygens (including phenoxy) is 4. The summed E-state index contributed by atoms with van der Waals surface area (Å²) in [7, 11) is 4.74. The maximum atomic E-state index is 14.5. The van der Waals surface area contributed by atoms with Crippen molar-refractivity contribution in [2.75, 3.05) is 27.9 Å². The molecule has 2 unspecified atom stereocenters. The highest BCUT2D eigenvalue weighted by molar-refractivity contribution is 5.95. The van der Waals surface area contributed by atoms with Gasteiger partial charge in [-0.15, -0.1) is 0 Å². The Morgan fingerprint density at radius 1 is 0.861 bits per heavy atom. The third-order valence-corrected chi connectivity index (χ3v) is 8.36. The molecule has 198 valence electrons. The number of carbonyl (C=O) groups excluding carboxylic acids is 2. The van der Waals surface area contributed by atoms with Gasteiger partial charge in [-0.2, -0.15) is 0 Å². The van der Waals surface area contributed by atoms with Crippen LogP contribution in [0.4, 0.5) is 0 Å². The Balaban J connectivity index is 1.86. The van der Waals surface area contributed by atoms with Gasteiger partial charge in [-0.1, -0.05) is 37.8 Å². The molecule has 0 aromatic heterocycles. The fourth-order valence-electron chi connectivity index (χ4n) is 6.56. The van der Waals surface area contributed by atoms with Crippen molar-refractivity contribution >= 4 is 11.9 Å². The van der Waals surface area contributed by atoms with Crippen molar-refractivity contribution in [1.29, 1.82) is 0 Å². The smallest absolute Gasteiger partial charge is 0.330 e. The minimum absolute atomic E-state index is 0.0430. The number of nitrogens with one attached hydrogen (secondary N) is 1. The summed E-state index contributed by atoms with van der Waals surface area (Å²) in [5.41, 5.74) is -0.246. The highest BCUT2D eigenvalue weighted by Gasteiger charge is 2.54. The van der Waals surface area contributed by atoms with E-state index in [1.165, 1.54) is 0 Å². The van der Waals surface area contributed by atoms with Gasteiger partial charge in [-0.3, -0.25) is 4.79 Å². The molecule has 1 saturated carbocycles. The summed E-state index contributed by atoms with van der Waals surface area (Å²) in [6.45, 7) is 0.764. The molecule has 0 bridgehead atoms. The van der Waals surface area contributed by atoms with E-state index < -0.39 is 23.4 Å². The summed E-state index contributed by atoms with van der Waals surface area (Å²) in [6.07, 6.45) is 14.9. The van der Waals surface area contributed by atoms with Crippen molar-refractivity contribution in [2.24, 2.45) is 11.8 Å². The zero-order chi connectivity index (χ0) is 25.5. The van der Waals surface area contributed by atoms with Gasteiger partial charge in [-0.25, -0.2) is 4.79 Å². The first kappa shape index (κ1) is 26.5. The number of rotatable bonds is 8. The standard InChI is InChI=1S/C29H41NO6/c1-33-24-18-22(19-25(34-2)26(24)35-3)29(20-12-6-4-7-13-20,21-14-8-5-9-15-21)28(32)36-27(31)23-16-10-11-17-30-23/h6,12,18-21,23,30H,4-5,7-11,13-17H2,1-3H3/t20?,23?,29-/m1/s1. The average Bonchev–Trinajstić information content (AvgIpc) is 2.94. The second-order valence-corrected chi connectivity index (χ2v) is 10.3. The zero-order valence-electron chi connectivity index (χ0n) is 22.0. The van der Waals surface area contributed by atoms with E-state index in [1.54, 1.807) is 21.3 Å². The fraction of sp³-hybridized carbons (Fsp3) is 0.655. The van der Waals surface area contributed by atoms with Gasteiger partial charge in [0.25, 0.3) is 0 Å². The summed E-state index contributed by atoms with van der Waals surface area (Å²) in [4.78, 5) is 27.7. The van der Waals surface area contributed by atoms with Gasteiger partial charge in [0.05, 0.1) is 21.3 Å². The molecule has 1 heterocycles. The van der Waals surface area contributed by atoms with Gasteiger partial charge in [0, 0.05) is 0 Å². The highest BCUT2D eigenvalue weighted by atomic mass is 16.6. The number of benzene rings is 1. The second-order valence-electron chi connectivity index (χ2n) is 10.3. The van der Waals surface area contributed by atoms with Crippen molar-refractivity contribution in [3.63, 3.8) is 0 Å². The highest BCUT2D eigenvalue weighted by Crippen LogP contribution is 2.53. The molecule has 3 atom stereocenters. The Labute approximate surface area is 214 Å². The number of hydrogen-bond acceptors (Lipinski definition) is 7. The lowest BCUT2D eigenvalue weighted by Gasteiger charge is -2.46. The van der Waals surface area contributed by atoms with E-state index in [2.05, 4.69) is 17.5 Å². The molecule has 0 spiro atoms. The van der Waals surface area contributed by atoms with Crippen LogP contribution in [0.5, 0.6) is 17.2 Å². The number of piperidine rings is 1. The SMILES string of the molecule is COc1cc([C@@](C(=O)OC(=O)C2CCCCN2)(C2C=CCCC2)C2CCCCC2)cc(OC)c1OC. The first-order valence-electron chi connectivity index (χ1n) is 13.5. The minimum Gasteiger partial charge on any atom is -0.493 e. The van der Waals surface area contributed by atoms with Crippen molar-refractivity contribution in [3.8, 4) is 17.2 Å². The Kier molecular flexibility index (Phi) is 8.94. The topological polar surface area (TPSA) is 83.1 Å². The zero-order valence-corrected chi connectivity index (χ0v) is 22.0. The average molecular weight is 500 g/mol. The second kappa shape index (κ2) is 12.1. The number of allylic oxidation sites excluding steroid dienone is 2. The fourth-order valence-corrected chi connectivity index (χ4v) is 6.56. The van der Waals surface area contributed by atoms with E-state index in [-0.39, 0.29) is 11.8 Å². The van der Waals surface area contributed by atoms with Crippen LogP contribution in [0, 0.1) is 11.8 Å².